The molecular weight excluding hydrogens is 234 g/mol. The largest absolute Gasteiger partial charge is 0.373 e. The molecule has 0 aliphatic carbocycles. The van der Waals surface area contributed by atoms with Crippen LogP contribution >= 0.6 is 11.8 Å². The Morgan fingerprint density at radius 2 is 2.24 bits per heavy atom. The second kappa shape index (κ2) is 5.18. The minimum Gasteiger partial charge on any atom is -0.373 e. The first-order chi connectivity index (χ1) is 8.19. The Kier molecular flexibility index (Phi) is 3.63. The van der Waals surface area contributed by atoms with Crippen molar-refractivity contribution in [3.05, 3.63) is 30.0 Å². The molecule has 0 saturated carbocycles. The van der Waals surface area contributed by atoms with E-state index in [1.54, 1.807) is 18.0 Å². The highest BCUT2D eigenvalue weighted by molar-refractivity contribution is 7.98. The SMILES string of the molecule is CNc1cc(C)nc(CSc2nccn2C)n1. The second-order valence-corrected chi connectivity index (χ2v) is 4.61. The number of aryl methyl sites for hydroxylation is 2. The lowest BCUT2D eigenvalue weighted by atomic mass is 10.4. The molecule has 0 fully saturated rings. The van der Waals surface area contributed by atoms with E-state index in [1.807, 2.05) is 37.8 Å². The third-order valence-electron chi connectivity index (χ3n) is 2.26. The van der Waals surface area contributed by atoms with E-state index in [1.165, 1.54) is 0 Å². The van der Waals surface area contributed by atoms with E-state index < -0.39 is 0 Å². The molecule has 0 aliphatic heterocycles. The fraction of sp³-hybridized carbons (Fsp3) is 0.364. The van der Waals surface area contributed by atoms with Crippen LogP contribution in [0.2, 0.25) is 0 Å². The summed E-state index contributed by atoms with van der Waals surface area (Å²) in [6.45, 7) is 1.97. The van der Waals surface area contributed by atoms with Gasteiger partial charge in [0.15, 0.2) is 5.16 Å². The molecule has 2 rings (SSSR count). The van der Waals surface area contributed by atoms with Gasteiger partial charge in [0.2, 0.25) is 0 Å². The molecule has 6 heteroatoms. The summed E-state index contributed by atoms with van der Waals surface area (Å²) < 4.78 is 1.99. The lowest BCUT2D eigenvalue weighted by Gasteiger charge is -2.05. The summed E-state index contributed by atoms with van der Waals surface area (Å²) >= 11 is 1.63. The molecule has 0 saturated heterocycles. The standard InChI is InChI=1S/C11H15N5S/c1-8-6-9(12-2)15-10(14-8)7-17-11-13-4-5-16(11)3/h4-6H,7H2,1-3H3,(H,12,14,15). The highest BCUT2D eigenvalue weighted by Crippen LogP contribution is 2.19. The third-order valence-corrected chi connectivity index (χ3v) is 3.32. The van der Waals surface area contributed by atoms with Crippen LogP contribution in [0.15, 0.2) is 23.6 Å². The van der Waals surface area contributed by atoms with Crippen LogP contribution in [0.1, 0.15) is 11.5 Å². The van der Waals surface area contributed by atoms with Gasteiger partial charge in [-0.05, 0) is 6.92 Å². The second-order valence-electron chi connectivity index (χ2n) is 3.67. The van der Waals surface area contributed by atoms with Gasteiger partial charge in [-0.15, -0.1) is 0 Å². The van der Waals surface area contributed by atoms with Crippen molar-refractivity contribution in [2.24, 2.45) is 7.05 Å². The summed E-state index contributed by atoms with van der Waals surface area (Å²) in [5.41, 5.74) is 0.972. The maximum Gasteiger partial charge on any atom is 0.168 e. The predicted molar refractivity (Wildman–Crippen MR) is 69.1 cm³/mol. The molecule has 2 heterocycles. The Morgan fingerprint density at radius 3 is 2.88 bits per heavy atom. The van der Waals surface area contributed by atoms with Crippen molar-refractivity contribution in [2.75, 3.05) is 12.4 Å². The highest BCUT2D eigenvalue weighted by atomic mass is 32.2. The van der Waals surface area contributed by atoms with E-state index in [9.17, 15) is 0 Å². The van der Waals surface area contributed by atoms with Gasteiger partial charge in [0.05, 0.1) is 5.75 Å². The van der Waals surface area contributed by atoms with E-state index >= 15 is 0 Å². The van der Waals surface area contributed by atoms with Crippen LogP contribution in [0.3, 0.4) is 0 Å². The monoisotopic (exact) mass is 249 g/mol. The molecule has 0 amide bonds. The number of hydrogen-bond acceptors (Lipinski definition) is 5. The van der Waals surface area contributed by atoms with Gasteiger partial charge < -0.3 is 9.88 Å². The van der Waals surface area contributed by atoms with E-state index in [0.717, 1.165) is 28.2 Å². The first-order valence-electron chi connectivity index (χ1n) is 5.31. The minimum absolute atomic E-state index is 0.723. The third kappa shape index (κ3) is 2.97. The molecule has 0 aliphatic rings. The van der Waals surface area contributed by atoms with Gasteiger partial charge in [0, 0.05) is 38.2 Å². The Hall–Kier alpha value is -1.56. The van der Waals surface area contributed by atoms with Crippen LogP contribution in [0.25, 0.3) is 0 Å². The molecule has 0 spiro atoms. The maximum atomic E-state index is 4.40. The van der Waals surface area contributed by atoms with Gasteiger partial charge in [0.25, 0.3) is 0 Å². The Bertz CT molecular complexity index is 508. The summed E-state index contributed by atoms with van der Waals surface area (Å²) in [7, 11) is 3.84. The molecule has 5 nitrogen and oxygen atoms in total. The number of rotatable bonds is 4. The maximum absolute atomic E-state index is 4.40. The van der Waals surface area contributed by atoms with Gasteiger partial charge >= 0.3 is 0 Å². The average molecular weight is 249 g/mol. The number of imidazole rings is 1. The Morgan fingerprint density at radius 1 is 1.41 bits per heavy atom. The summed E-state index contributed by atoms with van der Waals surface area (Å²) in [5.74, 6) is 2.40. The topological polar surface area (TPSA) is 55.6 Å². The molecule has 0 bridgehead atoms. The zero-order valence-corrected chi connectivity index (χ0v) is 11.0. The van der Waals surface area contributed by atoms with Crippen LogP contribution in [0.4, 0.5) is 5.82 Å². The van der Waals surface area contributed by atoms with Crippen molar-refractivity contribution in [1.82, 2.24) is 19.5 Å². The molecule has 17 heavy (non-hydrogen) atoms. The lowest BCUT2D eigenvalue weighted by Crippen LogP contribution is -2.01. The zero-order valence-electron chi connectivity index (χ0n) is 10.1. The quantitative estimate of drug-likeness (QED) is 0.838. The molecule has 2 aromatic rings. The summed E-state index contributed by atoms with van der Waals surface area (Å²) in [4.78, 5) is 13.1. The van der Waals surface area contributed by atoms with Gasteiger partial charge in [-0.2, -0.15) is 0 Å². The number of thioether (sulfide) groups is 1. The highest BCUT2D eigenvalue weighted by Gasteiger charge is 2.05. The summed E-state index contributed by atoms with van der Waals surface area (Å²) in [5, 5.41) is 4.00. The fourth-order valence-corrected chi connectivity index (χ4v) is 2.23. The van der Waals surface area contributed by atoms with Gasteiger partial charge in [-0.1, -0.05) is 11.8 Å². The normalized spacial score (nSPS) is 10.5. The lowest BCUT2D eigenvalue weighted by molar-refractivity contribution is 0.789. The van der Waals surface area contributed by atoms with Crippen LogP contribution in [0, 0.1) is 6.92 Å². The van der Waals surface area contributed by atoms with Crippen molar-refractivity contribution in [2.45, 2.75) is 17.8 Å². The summed E-state index contributed by atoms with van der Waals surface area (Å²) in [6.07, 6.45) is 3.72. The molecule has 2 aromatic heterocycles. The Labute approximate surface area is 105 Å². The molecule has 1 N–H and O–H groups in total. The number of hydrogen-bond donors (Lipinski definition) is 1. The number of anilines is 1. The number of nitrogens with one attached hydrogen (secondary N) is 1. The number of nitrogens with zero attached hydrogens (tertiary/aromatic N) is 4. The van der Waals surface area contributed by atoms with Crippen molar-refractivity contribution >= 4 is 17.6 Å². The van der Waals surface area contributed by atoms with Crippen LogP contribution in [-0.2, 0) is 12.8 Å². The number of aromatic nitrogens is 4. The van der Waals surface area contributed by atoms with E-state index in [2.05, 4.69) is 20.3 Å². The Balaban J connectivity index is 2.09. The molecule has 0 atom stereocenters. The molecule has 0 aromatic carbocycles. The fourth-order valence-electron chi connectivity index (χ4n) is 1.44. The first kappa shape index (κ1) is 11.9. The van der Waals surface area contributed by atoms with Gasteiger partial charge in [-0.3, -0.25) is 0 Å². The van der Waals surface area contributed by atoms with Crippen molar-refractivity contribution in [3.8, 4) is 0 Å². The van der Waals surface area contributed by atoms with E-state index in [4.69, 9.17) is 0 Å². The van der Waals surface area contributed by atoms with Crippen molar-refractivity contribution in [1.29, 1.82) is 0 Å². The van der Waals surface area contributed by atoms with Crippen LogP contribution < -0.4 is 5.32 Å². The van der Waals surface area contributed by atoms with Crippen LogP contribution in [-0.4, -0.2) is 26.6 Å². The molecular formula is C11H15N5S. The average Bonchev–Trinajstić information content (AvgIpc) is 2.71. The van der Waals surface area contributed by atoms with E-state index in [0.29, 0.717) is 0 Å². The molecule has 90 valence electrons. The zero-order chi connectivity index (χ0) is 12.3. The van der Waals surface area contributed by atoms with Crippen LogP contribution in [0.5, 0.6) is 0 Å². The van der Waals surface area contributed by atoms with Crippen molar-refractivity contribution in [3.63, 3.8) is 0 Å². The molecule has 0 unspecified atom stereocenters. The minimum atomic E-state index is 0.723. The first-order valence-corrected chi connectivity index (χ1v) is 6.30. The molecule has 0 radical (unpaired) electrons. The smallest absolute Gasteiger partial charge is 0.168 e. The predicted octanol–water partition coefficient (Wildman–Crippen LogP) is 1.85. The van der Waals surface area contributed by atoms with Gasteiger partial charge in [0.1, 0.15) is 11.6 Å². The van der Waals surface area contributed by atoms with Gasteiger partial charge in [-0.25, -0.2) is 15.0 Å². The summed E-state index contributed by atoms with van der Waals surface area (Å²) in [6, 6.07) is 1.93. The van der Waals surface area contributed by atoms with E-state index in [-0.39, 0.29) is 0 Å². The van der Waals surface area contributed by atoms with Crippen molar-refractivity contribution < 1.29 is 0 Å².